The van der Waals surface area contributed by atoms with Gasteiger partial charge in [-0.3, -0.25) is 14.7 Å². The Morgan fingerprint density at radius 1 is 1.33 bits per heavy atom. The van der Waals surface area contributed by atoms with E-state index in [0.717, 1.165) is 42.9 Å². The highest BCUT2D eigenvalue weighted by Crippen LogP contribution is 2.15. The monoisotopic (exact) mass is 375 g/mol. The molecular weight excluding hydrogens is 353 g/mol. The Hall–Kier alpha value is -1.57. The van der Waals surface area contributed by atoms with Crippen LogP contribution >= 0.6 is 24.8 Å². The average Bonchev–Trinajstić information content (AvgIpc) is 2.88. The van der Waals surface area contributed by atoms with Gasteiger partial charge in [-0.1, -0.05) is 0 Å². The van der Waals surface area contributed by atoms with Crippen LogP contribution in [0.4, 0.5) is 0 Å². The van der Waals surface area contributed by atoms with Crippen LogP contribution < -0.4 is 16.2 Å². The molecule has 1 aliphatic heterocycles. The van der Waals surface area contributed by atoms with Crippen LogP contribution in [-0.4, -0.2) is 33.6 Å². The normalized spacial score (nSPS) is 14.8. The fraction of sp³-hybridized carbons (Fsp3) is 0.533. The second-order valence-electron chi connectivity index (χ2n) is 5.82. The van der Waals surface area contributed by atoms with E-state index in [2.05, 4.69) is 20.7 Å². The van der Waals surface area contributed by atoms with Gasteiger partial charge in [-0.2, -0.15) is 0 Å². The van der Waals surface area contributed by atoms with E-state index in [-0.39, 0.29) is 42.2 Å². The van der Waals surface area contributed by atoms with Gasteiger partial charge >= 0.3 is 0 Å². The van der Waals surface area contributed by atoms with Gasteiger partial charge in [-0.05, 0) is 39.8 Å². The third kappa shape index (κ3) is 4.09. The molecule has 1 amide bonds. The van der Waals surface area contributed by atoms with E-state index < -0.39 is 0 Å². The van der Waals surface area contributed by atoms with E-state index in [4.69, 9.17) is 0 Å². The predicted molar refractivity (Wildman–Crippen MR) is 97.2 cm³/mol. The molecule has 0 aromatic carbocycles. The van der Waals surface area contributed by atoms with Crippen LogP contribution in [0.1, 0.15) is 29.8 Å². The molecule has 1 saturated heterocycles. The summed E-state index contributed by atoms with van der Waals surface area (Å²) in [4.78, 5) is 28.1. The zero-order valence-electron chi connectivity index (χ0n) is 13.7. The zero-order chi connectivity index (χ0) is 15.7. The smallest absolute Gasteiger partial charge is 0.266 e. The number of piperidine rings is 1. The first-order chi connectivity index (χ1) is 10.6. The fourth-order valence-electron chi connectivity index (χ4n) is 3.02. The summed E-state index contributed by atoms with van der Waals surface area (Å²) in [6.45, 7) is 6.05. The summed E-state index contributed by atoms with van der Waals surface area (Å²) in [5, 5.41) is 8.99. The van der Waals surface area contributed by atoms with Gasteiger partial charge in [0, 0.05) is 35.5 Å². The van der Waals surface area contributed by atoms with Crippen LogP contribution in [-0.2, 0) is 11.3 Å². The van der Waals surface area contributed by atoms with Crippen molar-refractivity contribution in [3.63, 3.8) is 0 Å². The van der Waals surface area contributed by atoms with Crippen molar-refractivity contribution in [2.24, 2.45) is 5.92 Å². The van der Waals surface area contributed by atoms with Gasteiger partial charge in [0.2, 0.25) is 5.91 Å². The van der Waals surface area contributed by atoms with Crippen molar-refractivity contribution in [1.29, 1.82) is 0 Å². The lowest BCUT2D eigenvalue weighted by Crippen LogP contribution is -2.38. The number of H-pyrrole nitrogens is 1. The summed E-state index contributed by atoms with van der Waals surface area (Å²) in [6.07, 6.45) is 1.76. The molecule has 1 aliphatic rings. The molecule has 7 nitrogen and oxygen atoms in total. The molecule has 2 aromatic heterocycles. The van der Waals surface area contributed by atoms with E-state index >= 15 is 0 Å². The first-order valence-electron chi connectivity index (χ1n) is 7.62. The quantitative estimate of drug-likeness (QED) is 0.748. The van der Waals surface area contributed by atoms with Gasteiger partial charge in [-0.25, -0.2) is 9.50 Å². The average molecular weight is 376 g/mol. The number of carbonyl (C=O) groups is 1. The summed E-state index contributed by atoms with van der Waals surface area (Å²) < 4.78 is 1.67. The Morgan fingerprint density at radius 3 is 2.67 bits per heavy atom. The minimum atomic E-state index is -0.175. The third-order valence-corrected chi connectivity index (χ3v) is 4.35. The second-order valence-corrected chi connectivity index (χ2v) is 5.82. The standard InChI is InChI=1S/C15H21N5O2.2ClH/c1-9-12(8-17-15(22)11-3-5-16-6-4-11)10(2)20-13(18-9)7-14(21)19-20;;/h7,11,16H,3-6,8H2,1-2H3,(H,17,22)(H,19,21);2*1H. The molecule has 2 aromatic rings. The van der Waals surface area contributed by atoms with Crippen LogP contribution in [0, 0.1) is 19.8 Å². The number of amides is 1. The van der Waals surface area contributed by atoms with Crippen LogP contribution in [0.5, 0.6) is 0 Å². The molecule has 0 atom stereocenters. The Balaban J connectivity index is 0.00000144. The number of halogens is 2. The van der Waals surface area contributed by atoms with Gasteiger partial charge in [-0.15, -0.1) is 24.8 Å². The van der Waals surface area contributed by atoms with Crippen molar-refractivity contribution < 1.29 is 4.79 Å². The minimum absolute atomic E-state index is 0. The van der Waals surface area contributed by atoms with Crippen LogP contribution in [0.15, 0.2) is 10.9 Å². The largest absolute Gasteiger partial charge is 0.352 e. The highest BCUT2D eigenvalue weighted by Gasteiger charge is 2.21. The molecule has 1 fully saturated rings. The molecule has 9 heteroatoms. The zero-order valence-corrected chi connectivity index (χ0v) is 15.4. The lowest BCUT2D eigenvalue weighted by molar-refractivity contribution is -0.125. The first-order valence-corrected chi connectivity index (χ1v) is 7.62. The van der Waals surface area contributed by atoms with E-state index in [0.29, 0.717) is 12.2 Å². The molecule has 0 aliphatic carbocycles. The summed E-state index contributed by atoms with van der Waals surface area (Å²) >= 11 is 0. The van der Waals surface area contributed by atoms with Crippen molar-refractivity contribution in [3.8, 4) is 0 Å². The maximum atomic E-state index is 12.2. The summed E-state index contributed by atoms with van der Waals surface area (Å²) in [7, 11) is 0. The molecule has 134 valence electrons. The van der Waals surface area contributed by atoms with Gasteiger partial charge in [0.15, 0.2) is 5.65 Å². The Bertz CT molecular complexity index is 765. The summed E-state index contributed by atoms with van der Waals surface area (Å²) in [5.41, 5.74) is 3.11. The number of fused-ring (bicyclic) bond motifs is 1. The van der Waals surface area contributed by atoms with E-state index in [1.165, 1.54) is 6.07 Å². The number of hydrogen-bond donors (Lipinski definition) is 3. The van der Waals surface area contributed by atoms with Crippen LogP contribution in [0.3, 0.4) is 0 Å². The molecule has 0 bridgehead atoms. The molecule has 0 unspecified atom stereocenters. The van der Waals surface area contributed by atoms with Gasteiger partial charge in [0.05, 0.1) is 0 Å². The van der Waals surface area contributed by atoms with E-state index in [1.807, 2.05) is 13.8 Å². The third-order valence-electron chi connectivity index (χ3n) is 4.35. The van der Waals surface area contributed by atoms with E-state index in [1.54, 1.807) is 4.52 Å². The molecule has 24 heavy (non-hydrogen) atoms. The van der Waals surface area contributed by atoms with Gasteiger partial charge in [0.25, 0.3) is 5.56 Å². The van der Waals surface area contributed by atoms with Crippen molar-refractivity contribution in [2.75, 3.05) is 13.1 Å². The number of rotatable bonds is 3. The Morgan fingerprint density at radius 2 is 2.00 bits per heavy atom. The molecule has 0 spiro atoms. The van der Waals surface area contributed by atoms with Gasteiger partial charge in [0.1, 0.15) is 0 Å². The number of carbonyl (C=O) groups excluding carboxylic acids is 1. The van der Waals surface area contributed by atoms with Crippen LogP contribution in [0.2, 0.25) is 0 Å². The Labute approximate surface area is 152 Å². The van der Waals surface area contributed by atoms with Crippen LogP contribution in [0.25, 0.3) is 5.65 Å². The highest BCUT2D eigenvalue weighted by molar-refractivity contribution is 5.85. The first kappa shape index (κ1) is 20.5. The molecular formula is C15H23Cl2N5O2. The second kappa shape index (κ2) is 8.50. The molecule has 0 saturated carbocycles. The predicted octanol–water partition coefficient (Wildman–Crippen LogP) is 1.10. The number of aryl methyl sites for hydroxylation is 2. The van der Waals surface area contributed by atoms with E-state index in [9.17, 15) is 9.59 Å². The highest BCUT2D eigenvalue weighted by atomic mass is 35.5. The van der Waals surface area contributed by atoms with Crippen molar-refractivity contribution in [2.45, 2.75) is 33.2 Å². The maximum absolute atomic E-state index is 12.2. The molecule has 3 N–H and O–H groups in total. The lowest BCUT2D eigenvalue weighted by Gasteiger charge is -2.22. The van der Waals surface area contributed by atoms with Crippen molar-refractivity contribution in [1.82, 2.24) is 25.2 Å². The topological polar surface area (TPSA) is 91.3 Å². The number of hydrogen-bond acceptors (Lipinski definition) is 4. The van der Waals surface area contributed by atoms with Gasteiger partial charge < -0.3 is 10.6 Å². The van der Waals surface area contributed by atoms with Crippen molar-refractivity contribution >= 4 is 36.4 Å². The lowest BCUT2D eigenvalue weighted by atomic mass is 9.97. The Kier molecular flexibility index (Phi) is 7.26. The number of aromatic amines is 1. The van der Waals surface area contributed by atoms with Crippen molar-refractivity contribution in [3.05, 3.63) is 33.4 Å². The summed E-state index contributed by atoms with van der Waals surface area (Å²) in [6, 6.07) is 1.47. The SMILES string of the molecule is Cc1nc2cc(=O)[nH]n2c(C)c1CNC(=O)C1CCNCC1.Cl.Cl. The number of aromatic nitrogens is 3. The number of nitrogens with one attached hydrogen (secondary N) is 3. The molecule has 0 radical (unpaired) electrons. The summed E-state index contributed by atoms with van der Waals surface area (Å²) in [5.74, 6) is 0.186. The molecule has 3 rings (SSSR count). The minimum Gasteiger partial charge on any atom is -0.352 e. The maximum Gasteiger partial charge on any atom is 0.266 e. The fourth-order valence-corrected chi connectivity index (χ4v) is 3.02. The molecule has 3 heterocycles. The number of nitrogens with zero attached hydrogens (tertiary/aromatic N) is 2.